The van der Waals surface area contributed by atoms with E-state index in [0.29, 0.717) is 55.1 Å². The van der Waals surface area contributed by atoms with E-state index in [0.717, 1.165) is 36.8 Å². The Morgan fingerprint density at radius 2 is 1.32 bits per heavy atom. The van der Waals surface area contributed by atoms with E-state index in [1.54, 1.807) is 27.9 Å². The molecular formula is C27H37N5O6. The molecule has 0 saturated carbocycles. The van der Waals surface area contributed by atoms with Crippen LogP contribution in [0.5, 0.6) is 0 Å². The molecule has 0 aromatic carbocycles. The van der Waals surface area contributed by atoms with E-state index in [-0.39, 0.29) is 17.3 Å². The number of ether oxygens (including phenoxy) is 2. The molecular weight excluding hydrogens is 490 g/mol. The highest BCUT2D eigenvalue weighted by atomic mass is 16.5. The van der Waals surface area contributed by atoms with E-state index < -0.39 is 11.9 Å². The minimum atomic E-state index is -0.456. The Balaban J connectivity index is 0.000000215. The van der Waals surface area contributed by atoms with Gasteiger partial charge in [-0.25, -0.2) is 9.59 Å². The molecule has 0 fully saturated rings. The van der Waals surface area contributed by atoms with Crippen molar-refractivity contribution >= 4 is 23.5 Å². The van der Waals surface area contributed by atoms with Gasteiger partial charge in [0.25, 0.3) is 0 Å². The van der Waals surface area contributed by atoms with Gasteiger partial charge in [0.15, 0.2) is 17.2 Å². The smallest absolute Gasteiger partial charge is 0.359 e. The van der Waals surface area contributed by atoms with E-state index >= 15 is 0 Å². The maximum Gasteiger partial charge on any atom is 0.359 e. The summed E-state index contributed by atoms with van der Waals surface area (Å²) in [6.45, 7) is 4.12. The molecule has 2 aromatic heterocycles. The molecule has 0 N–H and O–H groups in total. The van der Waals surface area contributed by atoms with Gasteiger partial charge in [-0.3, -0.25) is 19.0 Å². The number of hydrogen-bond donors (Lipinski definition) is 0. The molecule has 0 bridgehead atoms. The van der Waals surface area contributed by atoms with Crippen LogP contribution in [0.25, 0.3) is 0 Å². The van der Waals surface area contributed by atoms with Crippen molar-refractivity contribution in [3.05, 3.63) is 45.7 Å². The lowest BCUT2D eigenvalue weighted by Gasteiger charge is -2.09. The van der Waals surface area contributed by atoms with Crippen LogP contribution in [-0.2, 0) is 36.4 Å². The number of ketones is 2. The number of carbonyl (C=O) groups is 4. The Morgan fingerprint density at radius 1 is 0.816 bits per heavy atom. The molecule has 2 aliphatic carbocycles. The number of hydrogen-bond acceptors (Lipinski definition) is 9. The monoisotopic (exact) mass is 527 g/mol. The number of esters is 2. The number of nitrogens with zero attached hydrogens (tertiary/aromatic N) is 5. The van der Waals surface area contributed by atoms with Crippen molar-refractivity contribution in [3.8, 4) is 0 Å². The minimum absolute atomic E-state index is 0.0539. The first kappa shape index (κ1) is 28.8. The molecule has 0 saturated heterocycles. The van der Waals surface area contributed by atoms with Crippen molar-refractivity contribution in [3.63, 3.8) is 0 Å². The second-order valence-corrected chi connectivity index (χ2v) is 9.47. The summed E-state index contributed by atoms with van der Waals surface area (Å²) in [5.74, 6) is -0.869. The largest absolute Gasteiger partial charge is 0.461 e. The van der Waals surface area contributed by atoms with Crippen molar-refractivity contribution in [2.24, 2.45) is 14.1 Å². The van der Waals surface area contributed by atoms with Crippen molar-refractivity contribution in [2.75, 3.05) is 27.3 Å². The number of aryl methyl sites for hydroxylation is 2. The summed E-state index contributed by atoms with van der Waals surface area (Å²) in [6, 6.07) is 0. The molecule has 0 aliphatic heterocycles. The normalized spacial score (nSPS) is 16.0. The molecule has 206 valence electrons. The summed E-state index contributed by atoms with van der Waals surface area (Å²) < 4.78 is 13.0. The number of allylic oxidation sites excluding steroid dienone is 1. The first-order chi connectivity index (χ1) is 18.1. The molecule has 0 radical (unpaired) electrons. The maximum atomic E-state index is 12.7. The van der Waals surface area contributed by atoms with E-state index in [1.165, 1.54) is 9.36 Å². The van der Waals surface area contributed by atoms with Crippen LogP contribution in [0.4, 0.5) is 0 Å². The zero-order chi connectivity index (χ0) is 28.0. The molecule has 0 spiro atoms. The summed E-state index contributed by atoms with van der Waals surface area (Å²) in [7, 11) is 7.17. The average Bonchev–Trinajstić information content (AvgIpc) is 3.22. The summed E-state index contributed by atoms with van der Waals surface area (Å²) in [4.78, 5) is 50.2. The van der Waals surface area contributed by atoms with Crippen LogP contribution >= 0.6 is 0 Å². The zero-order valence-electron chi connectivity index (χ0n) is 23.1. The maximum absolute atomic E-state index is 12.7. The predicted octanol–water partition coefficient (Wildman–Crippen LogP) is 3.07. The van der Waals surface area contributed by atoms with Gasteiger partial charge in [-0.1, -0.05) is 0 Å². The molecule has 2 aromatic rings. The molecule has 0 unspecified atom stereocenters. The second kappa shape index (κ2) is 12.7. The van der Waals surface area contributed by atoms with Gasteiger partial charge in [-0.2, -0.15) is 10.2 Å². The second-order valence-electron chi connectivity index (χ2n) is 9.47. The lowest BCUT2D eigenvalue weighted by atomic mass is 10.1. The highest BCUT2D eigenvalue weighted by molar-refractivity contribution is 6.10. The van der Waals surface area contributed by atoms with Crippen LogP contribution in [0.2, 0.25) is 0 Å². The van der Waals surface area contributed by atoms with Gasteiger partial charge in [-0.15, -0.1) is 0 Å². The lowest BCUT2D eigenvalue weighted by Crippen LogP contribution is -2.13. The molecule has 0 amide bonds. The van der Waals surface area contributed by atoms with Gasteiger partial charge in [0, 0.05) is 57.5 Å². The number of rotatable bonds is 5. The third-order valence-electron chi connectivity index (χ3n) is 6.37. The SMILES string of the molecule is CCOC(=O)c1nn(C)c2c1CCC/C(=C\N(C)C)C2=O.CCOC(=O)c1nn(C)c2c1CCCCC2=O. The van der Waals surface area contributed by atoms with Crippen LogP contribution in [0, 0.1) is 0 Å². The molecule has 11 nitrogen and oxygen atoms in total. The first-order valence-electron chi connectivity index (χ1n) is 13.0. The summed E-state index contributed by atoms with van der Waals surface area (Å²) in [5, 5.41) is 8.32. The van der Waals surface area contributed by atoms with Gasteiger partial charge in [0.05, 0.1) is 13.2 Å². The van der Waals surface area contributed by atoms with Gasteiger partial charge in [-0.05, 0) is 52.4 Å². The standard InChI is InChI=1S/C15H21N3O3.C12H16N2O3/c1-5-21-15(20)12-11-8-6-7-10(9-17(2)3)14(19)13(11)18(4)16-12;1-3-17-12(16)10-8-6-4-5-7-9(15)11(8)14(2)13-10/h9H,5-8H2,1-4H3;3-7H2,1-2H3/b10-9+;. The van der Waals surface area contributed by atoms with E-state index in [4.69, 9.17) is 9.47 Å². The Kier molecular flexibility index (Phi) is 9.60. The van der Waals surface area contributed by atoms with Crippen LogP contribution in [0.3, 0.4) is 0 Å². The van der Waals surface area contributed by atoms with E-state index in [2.05, 4.69) is 10.2 Å². The quantitative estimate of drug-likeness (QED) is 0.328. The predicted molar refractivity (Wildman–Crippen MR) is 139 cm³/mol. The van der Waals surface area contributed by atoms with Crippen molar-refractivity contribution < 1.29 is 28.7 Å². The third kappa shape index (κ3) is 6.20. The van der Waals surface area contributed by atoms with Gasteiger partial charge in [0.2, 0.25) is 5.78 Å². The number of carbonyl (C=O) groups excluding carboxylic acids is 4. The molecule has 11 heteroatoms. The third-order valence-corrected chi connectivity index (χ3v) is 6.37. The van der Waals surface area contributed by atoms with E-state index in [1.807, 2.05) is 25.2 Å². The van der Waals surface area contributed by atoms with Crippen LogP contribution in [0.15, 0.2) is 11.8 Å². The Bertz CT molecular complexity index is 1250. The molecule has 38 heavy (non-hydrogen) atoms. The summed E-state index contributed by atoms with van der Waals surface area (Å²) >= 11 is 0. The fraction of sp³-hybridized carbons (Fsp3) is 0.556. The van der Waals surface area contributed by atoms with Gasteiger partial charge in [0.1, 0.15) is 11.4 Å². The number of Topliss-reactive ketones (excluding diaryl/α,β-unsaturated/α-hetero) is 2. The Hall–Kier alpha value is -3.76. The van der Waals surface area contributed by atoms with Crippen molar-refractivity contribution in [2.45, 2.75) is 58.8 Å². The fourth-order valence-corrected chi connectivity index (χ4v) is 4.83. The highest BCUT2D eigenvalue weighted by Crippen LogP contribution is 2.27. The van der Waals surface area contributed by atoms with Crippen molar-refractivity contribution in [1.82, 2.24) is 24.5 Å². The van der Waals surface area contributed by atoms with Crippen LogP contribution in [-0.4, -0.2) is 75.3 Å². The van der Waals surface area contributed by atoms with E-state index in [9.17, 15) is 19.2 Å². The topological polar surface area (TPSA) is 126 Å². The first-order valence-corrected chi connectivity index (χ1v) is 13.0. The zero-order valence-corrected chi connectivity index (χ0v) is 23.1. The summed E-state index contributed by atoms with van der Waals surface area (Å²) in [6.07, 6.45) is 7.07. The number of fused-ring (bicyclic) bond motifs is 2. The Morgan fingerprint density at radius 3 is 1.87 bits per heavy atom. The highest BCUT2D eigenvalue weighted by Gasteiger charge is 2.30. The molecule has 2 heterocycles. The minimum Gasteiger partial charge on any atom is -0.461 e. The molecule has 0 atom stereocenters. The van der Waals surface area contributed by atoms with Gasteiger partial charge >= 0.3 is 11.9 Å². The van der Waals surface area contributed by atoms with Crippen LogP contribution in [0.1, 0.15) is 99.0 Å². The fourth-order valence-electron chi connectivity index (χ4n) is 4.83. The molecule has 2 aliphatic rings. The van der Waals surface area contributed by atoms with Gasteiger partial charge < -0.3 is 14.4 Å². The lowest BCUT2D eigenvalue weighted by molar-refractivity contribution is 0.0508. The molecule has 4 rings (SSSR count). The van der Waals surface area contributed by atoms with Crippen molar-refractivity contribution in [1.29, 1.82) is 0 Å². The summed E-state index contributed by atoms with van der Waals surface area (Å²) in [5.41, 5.74) is 3.87. The average molecular weight is 528 g/mol. The van der Waals surface area contributed by atoms with Crippen LogP contribution < -0.4 is 0 Å². The number of aromatic nitrogens is 4. The Labute approximate surface area is 222 Å².